The second-order valence-electron chi connectivity index (χ2n) is 3.91. The lowest BCUT2D eigenvalue weighted by atomic mass is 10.1. The first-order chi connectivity index (χ1) is 6.41. The summed E-state index contributed by atoms with van der Waals surface area (Å²) in [6.45, 7) is 2.63. The van der Waals surface area contributed by atoms with Gasteiger partial charge < -0.3 is 5.11 Å². The molecule has 0 spiro atoms. The van der Waals surface area contributed by atoms with Crippen LogP contribution in [-0.4, -0.2) is 11.7 Å². The average molecular weight is 188 g/mol. The van der Waals surface area contributed by atoms with Crippen LogP contribution in [0.15, 0.2) is 0 Å². The molecule has 0 radical (unpaired) electrons. The second-order valence-corrected chi connectivity index (χ2v) is 3.91. The van der Waals surface area contributed by atoms with E-state index in [-0.39, 0.29) is 0 Å². The van der Waals surface area contributed by atoms with Gasteiger partial charge in [-0.25, -0.2) is 0 Å². The Morgan fingerprint density at radius 1 is 0.769 bits per heavy atom. The van der Waals surface area contributed by atoms with Gasteiger partial charge in [-0.3, -0.25) is 0 Å². The Hall–Kier alpha value is -0.0400. The summed E-state index contributed by atoms with van der Waals surface area (Å²) in [6, 6.07) is 0. The van der Waals surface area contributed by atoms with Crippen LogP contribution in [0.4, 0.5) is 0 Å². The summed E-state index contributed by atoms with van der Waals surface area (Å²) in [7, 11) is 0. The van der Waals surface area contributed by atoms with E-state index in [1.165, 1.54) is 57.8 Å². The molecule has 0 aromatic heterocycles. The van der Waals surface area contributed by atoms with Crippen molar-refractivity contribution in [2.24, 2.45) is 0 Å². The summed E-state index contributed by atoms with van der Waals surface area (Å²) >= 11 is 0. The third-order valence-corrected chi connectivity index (χ3v) is 2.51. The Labute approximate surface area is 83.5 Å². The molecule has 0 atom stereocenters. The van der Waals surface area contributed by atoms with Crippen molar-refractivity contribution in [2.45, 2.75) is 71.1 Å². The lowest BCUT2D eigenvalue weighted by Gasteiger charge is -2.00. The lowest BCUT2D eigenvalue weighted by Crippen LogP contribution is -1.84. The monoisotopic (exact) mass is 188 g/mol. The van der Waals surface area contributed by atoms with E-state index in [1.807, 2.05) is 0 Å². The highest BCUT2D eigenvalue weighted by atomic mass is 16.5. The first-order valence-electron chi connectivity index (χ1n) is 6.02. The van der Waals surface area contributed by atoms with Crippen molar-refractivity contribution >= 4 is 0 Å². The summed E-state index contributed by atoms with van der Waals surface area (Å²) in [4.78, 5) is 0. The molecule has 0 aliphatic carbocycles. The van der Waals surface area contributed by atoms with Crippen LogP contribution < -0.4 is 0 Å². The molecule has 1 N–H and O–H groups in total. The fourth-order valence-electron chi connectivity index (χ4n) is 1.60. The van der Waals surface area contributed by atoms with Crippen LogP contribution in [0, 0.1) is 0 Å². The summed E-state index contributed by atoms with van der Waals surface area (Å²) in [5, 5.41) is 8.57. The van der Waals surface area contributed by atoms with E-state index in [9.17, 15) is 0 Å². The third-order valence-electron chi connectivity index (χ3n) is 2.51. The minimum Gasteiger partial charge on any atom is -0.396 e. The van der Waals surface area contributed by atoms with E-state index in [0.29, 0.717) is 6.61 Å². The maximum atomic E-state index is 8.57. The van der Waals surface area contributed by atoms with E-state index in [4.69, 9.17) is 5.11 Å². The zero-order chi connectivity index (χ0) is 9.78. The van der Waals surface area contributed by atoms with Gasteiger partial charge in [0.15, 0.2) is 0 Å². The fraction of sp³-hybridized carbons (Fsp3) is 1.00. The van der Waals surface area contributed by atoms with E-state index >= 15 is 0 Å². The van der Waals surface area contributed by atoms with Crippen molar-refractivity contribution in [1.29, 1.82) is 0 Å². The number of aliphatic hydroxyl groups excluding tert-OH is 1. The smallest absolute Gasteiger partial charge is 0.0431 e. The molecular weight excluding hydrogens is 162 g/mol. The van der Waals surface area contributed by atoms with Gasteiger partial charge in [-0.05, 0) is 6.42 Å². The number of hydrogen-bond acceptors (Lipinski definition) is 1. The van der Waals surface area contributed by atoms with Crippen LogP contribution >= 0.6 is 0 Å². The van der Waals surface area contributed by atoms with Crippen LogP contribution in [-0.2, 0) is 0 Å². The fourth-order valence-corrected chi connectivity index (χ4v) is 1.60. The molecule has 0 aromatic carbocycles. The molecule has 0 saturated carbocycles. The van der Waals surface area contributed by atoms with E-state index in [2.05, 4.69) is 6.92 Å². The standard InChI is InChI=1S/C12H26O/c1-2-3-4-5-6-7-8-9-10-11-12-13/h13H,2-12H2,1H3/i12+2. The van der Waals surface area contributed by atoms with Gasteiger partial charge in [0.25, 0.3) is 0 Å². The predicted molar refractivity (Wildman–Crippen MR) is 58.9 cm³/mol. The Morgan fingerprint density at radius 3 is 1.69 bits per heavy atom. The minimum atomic E-state index is 0.372. The molecule has 0 rings (SSSR count). The average Bonchev–Trinajstić information content (AvgIpc) is 2.16. The molecule has 80 valence electrons. The van der Waals surface area contributed by atoms with Crippen molar-refractivity contribution in [3.8, 4) is 0 Å². The highest BCUT2D eigenvalue weighted by molar-refractivity contribution is 4.46. The van der Waals surface area contributed by atoms with Crippen molar-refractivity contribution in [3.05, 3.63) is 0 Å². The Bertz CT molecular complexity index is 71.2. The zero-order valence-corrected chi connectivity index (χ0v) is 9.23. The SMILES string of the molecule is CCCCCCCCCCC[14CH2]O. The number of aliphatic hydroxyl groups is 1. The Balaban J connectivity index is 2.76. The molecular formula is C12H26O. The summed E-state index contributed by atoms with van der Waals surface area (Å²) in [6.07, 6.45) is 13.3. The van der Waals surface area contributed by atoms with Gasteiger partial charge in [0.2, 0.25) is 0 Å². The molecule has 1 nitrogen and oxygen atoms in total. The van der Waals surface area contributed by atoms with Crippen LogP contribution in [0.1, 0.15) is 71.1 Å². The van der Waals surface area contributed by atoms with Gasteiger partial charge in [0.1, 0.15) is 0 Å². The maximum Gasteiger partial charge on any atom is 0.0431 e. The molecule has 0 aliphatic heterocycles. The van der Waals surface area contributed by atoms with Gasteiger partial charge in [-0.15, -0.1) is 0 Å². The van der Waals surface area contributed by atoms with Gasteiger partial charge in [-0.1, -0.05) is 64.7 Å². The summed E-state index contributed by atoms with van der Waals surface area (Å²) < 4.78 is 0. The van der Waals surface area contributed by atoms with Crippen molar-refractivity contribution in [3.63, 3.8) is 0 Å². The molecule has 0 fully saturated rings. The highest BCUT2D eigenvalue weighted by Crippen LogP contribution is 2.09. The van der Waals surface area contributed by atoms with Crippen LogP contribution in [0.2, 0.25) is 0 Å². The summed E-state index contributed by atoms with van der Waals surface area (Å²) in [5.74, 6) is 0. The molecule has 0 amide bonds. The molecule has 0 unspecified atom stereocenters. The zero-order valence-electron chi connectivity index (χ0n) is 9.23. The molecule has 1 heteroatoms. The second kappa shape index (κ2) is 12.0. The lowest BCUT2D eigenvalue weighted by molar-refractivity contribution is 0.282. The van der Waals surface area contributed by atoms with Gasteiger partial charge in [-0.2, -0.15) is 0 Å². The number of unbranched alkanes of at least 4 members (excludes halogenated alkanes) is 9. The van der Waals surface area contributed by atoms with Crippen molar-refractivity contribution in [1.82, 2.24) is 0 Å². The topological polar surface area (TPSA) is 20.2 Å². The molecule has 0 saturated heterocycles. The minimum absolute atomic E-state index is 0.372. The number of hydrogen-bond donors (Lipinski definition) is 1. The quantitative estimate of drug-likeness (QED) is 0.515. The van der Waals surface area contributed by atoms with E-state index in [0.717, 1.165) is 6.42 Å². The van der Waals surface area contributed by atoms with Crippen molar-refractivity contribution in [2.75, 3.05) is 6.61 Å². The molecule has 0 aromatic rings. The normalized spacial score (nSPS) is 10.6. The Kier molecular flexibility index (Phi) is 11.9. The van der Waals surface area contributed by atoms with Gasteiger partial charge in [0, 0.05) is 6.61 Å². The van der Waals surface area contributed by atoms with Crippen LogP contribution in [0.25, 0.3) is 0 Å². The van der Waals surface area contributed by atoms with E-state index in [1.54, 1.807) is 0 Å². The molecule has 0 aliphatic rings. The first kappa shape index (κ1) is 13.0. The van der Waals surface area contributed by atoms with Crippen LogP contribution in [0.3, 0.4) is 0 Å². The summed E-state index contributed by atoms with van der Waals surface area (Å²) in [5.41, 5.74) is 0. The largest absolute Gasteiger partial charge is 0.396 e. The maximum absolute atomic E-state index is 8.57. The highest BCUT2D eigenvalue weighted by Gasteiger charge is 1.91. The van der Waals surface area contributed by atoms with Crippen molar-refractivity contribution < 1.29 is 5.11 Å². The predicted octanol–water partition coefficient (Wildman–Crippen LogP) is 3.90. The Morgan fingerprint density at radius 2 is 1.23 bits per heavy atom. The number of rotatable bonds is 10. The van der Waals surface area contributed by atoms with Gasteiger partial charge >= 0.3 is 0 Å². The molecule has 0 heterocycles. The third kappa shape index (κ3) is 12.0. The van der Waals surface area contributed by atoms with Gasteiger partial charge in [0.05, 0.1) is 0 Å². The molecule has 0 bridgehead atoms. The van der Waals surface area contributed by atoms with Crippen LogP contribution in [0.5, 0.6) is 0 Å². The van der Waals surface area contributed by atoms with E-state index < -0.39 is 0 Å². The first-order valence-corrected chi connectivity index (χ1v) is 6.02. The molecule has 13 heavy (non-hydrogen) atoms.